The van der Waals surface area contributed by atoms with Crippen molar-refractivity contribution in [2.75, 3.05) is 0 Å². The molecule has 0 bridgehead atoms. The Hall–Kier alpha value is -2.01. The first kappa shape index (κ1) is 22.2. The Bertz CT molecular complexity index is 1380. The van der Waals surface area contributed by atoms with Gasteiger partial charge in [-0.15, -0.1) is 0 Å². The van der Waals surface area contributed by atoms with E-state index < -0.39 is 9.84 Å². The van der Waals surface area contributed by atoms with E-state index in [1.807, 2.05) is 0 Å². The summed E-state index contributed by atoms with van der Waals surface area (Å²) in [6.45, 7) is 0. The Morgan fingerprint density at radius 2 is 1.03 bits per heavy atom. The molecule has 0 spiro atoms. The molecule has 0 aromatic heterocycles. The molecule has 156 valence electrons. The van der Waals surface area contributed by atoms with Gasteiger partial charge >= 0.3 is 0 Å². The van der Waals surface area contributed by atoms with E-state index in [0.717, 1.165) is 0 Å². The lowest BCUT2D eigenvalue weighted by Crippen LogP contribution is -2.05. The topological polar surface area (TPSA) is 34.1 Å². The molecule has 4 aromatic rings. The van der Waals surface area contributed by atoms with Gasteiger partial charge in [-0.05, 0) is 35.9 Å². The molecule has 0 atom stereocenters. The zero-order valence-corrected chi connectivity index (χ0v) is 19.7. The smallest absolute Gasteiger partial charge is 0.207 e. The largest absolute Gasteiger partial charge is 0.218 e. The summed E-state index contributed by atoms with van der Waals surface area (Å²) in [5, 5.41) is 1.24. The monoisotopic (exact) mass is 506 g/mol. The quantitative estimate of drug-likeness (QED) is 0.277. The normalized spacial score (nSPS) is 11.5. The van der Waals surface area contributed by atoms with Crippen molar-refractivity contribution < 1.29 is 8.42 Å². The van der Waals surface area contributed by atoms with Crippen LogP contribution in [-0.2, 0) is 9.84 Å². The Labute approximate surface area is 200 Å². The summed E-state index contributed by atoms with van der Waals surface area (Å²) < 4.78 is 27.2. The lowest BCUT2D eigenvalue weighted by Gasteiger charge is -2.18. The fourth-order valence-corrected chi connectivity index (χ4v) is 5.71. The molecule has 31 heavy (non-hydrogen) atoms. The van der Waals surface area contributed by atoms with Crippen LogP contribution in [-0.4, -0.2) is 8.42 Å². The standard InChI is InChI=1S/C24H14Cl4O2S/c25-19-12-4-10-17(23(19)27)16-9-6-14-21(31(29,30)15-7-2-1-3-8-15)22(16)18-11-5-13-20(26)24(18)28/h1-14H. The van der Waals surface area contributed by atoms with Crippen LogP contribution in [0.2, 0.25) is 20.1 Å². The maximum Gasteiger partial charge on any atom is 0.207 e. The highest BCUT2D eigenvalue weighted by Gasteiger charge is 2.26. The second-order valence-electron chi connectivity index (χ2n) is 6.70. The zero-order chi connectivity index (χ0) is 22.2. The van der Waals surface area contributed by atoms with Crippen molar-refractivity contribution in [1.29, 1.82) is 0 Å². The molecule has 0 radical (unpaired) electrons. The second kappa shape index (κ2) is 8.85. The van der Waals surface area contributed by atoms with Crippen LogP contribution in [0.1, 0.15) is 0 Å². The van der Waals surface area contributed by atoms with Crippen molar-refractivity contribution in [2.24, 2.45) is 0 Å². The molecule has 7 heteroatoms. The number of hydrogen-bond donors (Lipinski definition) is 0. The van der Waals surface area contributed by atoms with Crippen LogP contribution in [0.15, 0.2) is 94.7 Å². The average molecular weight is 508 g/mol. The molecule has 0 aliphatic carbocycles. The van der Waals surface area contributed by atoms with Crippen LogP contribution in [0, 0.1) is 0 Å². The first-order valence-corrected chi connectivity index (χ1v) is 12.1. The fraction of sp³-hybridized carbons (Fsp3) is 0. The van der Waals surface area contributed by atoms with Gasteiger partial charge in [0.25, 0.3) is 0 Å². The molecule has 0 aliphatic rings. The van der Waals surface area contributed by atoms with E-state index in [4.69, 9.17) is 46.4 Å². The van der Waals surface area contributed by atoms with Gasteiger partial charge in [0.1, 0.15) is 0 Å². The van der Waals surface area contributed by atoms with Crippen molar-refractivity contribution >= 4 is 56.2 Å². The van der Waals surface area contributed by atoms with Crippen molar-refractivity contribution in [3.63, 3.8) is 0 Å². The molecule has 0 fully saturated rings. The fourth-order valence-electron chi connectivity index (χ4n) is 3.39. The minimum Gasteiger partial charge on any atom is -0.218 e. The van der Waals surface area contributed by atoms with Gasteiger partial charge in [-0.3, -0.25) is 0 Å². The van der Waals surface area contributed by atoms with E-state index in [1.165, 1.54) is 0 Å². The molecule has 4 rings (SSSR count). The molecule has 0 heterocycles. The van der Waals surface area contributed by atoms with Gasteiger partial charge in [-0.25, -0.2) is 8.42 Å². The highest BCUT2D eigenvalue weighted by molar-refractivity contribution is 7.91. The van der Waals surface area contributed by atoms with Crippen LogP contribution in [0.4, 0.5) is 0 Å². The minimum atomic E-state index is -3.88. The number of sulfone groups is 1. The van der Waals surface area contributed by atoms with E-state index >= 15 is 0 Å². The van der Waals surface area contributed by atoms with Gasteiger partial charge in [0.15, 0.2) is 0 Å². The SMILES string of the molecule is O=S(=O)(c1ccccc1)c1cccc(-c2cccc(Cl)c2Cl)c1-c1cccc(Cl)c1Cl. The first-order chi connectivity index (χ1) is 14.8. The molecule has 2 nitrogen and oxygen atoms in total. The Kier molecular flexibility index (Phi) is 6.34. The van der Waals surface area contributed by atoms with Crippen LogP contribution in [0.25, 0.3) is 22.3 Å². The van der Waals surface area contributed by atoms with Crippen molar-refractivity contribution in [3.05, 3.63) is 105 Å². The average Bonchev–Trinajstić information content (AvgIpc) is 2.78. The molecule has 0 saturated carbocycles. The van der Waals surface area contributed by atoms with Crippen LogP contribution >= 0.6 is 46.4 Å². The van der Waals surface area contributed by atoms with E-state index in [-0.39, 0.29) is 14.8 Å². The van der Waals surface area contributed by atoms with Crippen molar-refractivity contribution in [3.8, 4) is 22.3 Å². The minimum absolute atomic E-state index is 0.0939. The van der Waals surface area contributed by atoms with E-state index in [9.17, 15) is 8.42 Å². The summed E-state index contributed by atoms with van der Waals surface area (Å²) in [5.74, 6) is 0. The number of benzene rings is 4. The number of hydrogen-bond acceptors (Lipinski definition) is 2. The third-order valence-corrected chi connectivity index (χ3v) is 8.28. The van der Waals surface area contributed by atoms with Gasteiger partial charge in [0, 0.05) is 16.7 Å². The summed E-state index contributed by atoms with van der Waals surface area (Å²) in [7, 11) is -3.88. The Balaban J connectivity index is 2.13. The van der Waals surface area contributed by atoms with Gasteiger partial charge < -0.3 is 0 Å². The highest BCUT2D eigenvalue weighted by Crippen LogP contribution is 2.46. The van der Waals surface area contributed by atoms with Gasteiger partial charge in [-0.2, -0.15) is 0 Å². The van der Waals surface area contributed by atoms with Gasteiger partial charge in [0.05, 0.1) is 29.9 Å². The molecule has 0 amide bonds. The highest BCUT2D eigenvalue weighted by atomic mass is 35.5. The summed E-state index contributed by atoms with van der Waals surface area (Å²) in [4.78, 5) is 0.264. The van der Waals surface area contributed by atoms with Crippen LogP contribution in [0.3, 0.4) is 0 Å². The molecular weight excluding hydrogens is 494 g/mol. The summed E-state index contributed by atoms with van der Waals surface area (Å²) in [6, 6.07) is 23.5. The summed E-state index contributed by atoms with van der Waals surface area (Å²) in [5.41, 5.74) is 2.05. The third kappa shape index (κ3) is 4.09. The molecule has 0 N–H and O–H groups in total. The summed E-state index contributed by atoms with van der Waals surface area (Å²) >= 11 is 25.6. The van der Waals surface area contributed by atoms with E-state index in [2.05, 4.69) is 0 Å². The third-order valence-electron chi connectivity index (χ3n) is 4.83. The van der Waals surface area contributed by atoms with Crippen molar-refractivity contribution in [2.45, 2.75) is 9.79 Å². The lowest BCUT2D eigenvalue weighted by atomic mass is 9.94. The molecule has 0 unspecified atom stereocenters. The number of halogens is 4. The van der Waals surface area contributed by atoms with Gasteiger partial charge in [0.2, 0.25) is 9.84 Å². The lowest BCUT2D eigenvalue weighted by molar-refractivity contribution is 0.596. The Morgan fingerprint density at radius 3 is 1.68 bits per heavy atom. The maximum absolute atomic E-state index is 13.6. The van der Waals surface area contributed by atoms with E-state index in [0.29, 0.717) is 37.3 Å². The molecule has 4 aromatic carbocycles. The maximum atomic E-state index is 13.6. The zero-order valence-electron chi connectivity index (χ0n) is 15.8. The first-order valence-electron chi connectivity index (χ1n) is 9.14. The van der Waals surface area contributed by atoms with Crippen LogP contribution in [0.5, 0.6) is 0 Å². The van der Waals surface area contributed by atoms with E-state index in [1.54, 1.807) is 84.9 Å². The molecular formula is C24H14Cl4O2S. The predicted octanol–water partition coefficient (Wildman–Crippen LogP) is 8.47. The predicted molar refractivity (Wildman–Crippen MR) is 129 cm³/mol. The van der Waals surface area contributed by atoms with Gasteiger partial charge in [-0.1, -0.05) is 101 Å². The molecule has 0 saturated heterocycles. The van der Waals surface area contributed by atoms with Crippen molar-refractivity contribution in [1.82, 2.24) is 0 Å². The second-order valence-corrected chi connectivity index (χ2v) is 10.2. The Morgan fingerprint density at radius 1 is 0.516 bits per heavy atom. The number of rotatable bonds is 4. The van der Waals surface area contributed by atoms with Crippen LogP contribution < -0.4 is 0 Å². The summed E-state index contributed by atoms with van der Waals surface area (Å²) in [6.07, 6.45) is 0. The molecule has 0 aliphatic heterocycles.